The molecule has 0 aliphatic rings. The zero-order valence-electron chi connectivity index (χ0n) is 20.5. The standard InChI is InChI=1S/C25H28ClN3O5S2/c1-16-12-17(2)14-22(13-16)29(35(5,31)32)19(4)25(30)27-21-8-10-23(11-9-21)36(33,34)28-24-15-20(26)7-6-18(24)3/h6-15,19,28H,1-5H3,(H,27,30)/t19-/m1/s1. The molecule has 0 saturated heterocycles. The lowest BCUT2D eigenvalue weighted by atomic mass is 10.1. The first-order valence-electron chi connectivity index (χ1n) is 10.9. The number of sulfonamides is 2. The summed E-state index contributed by atoms with van der Waals surface area (Å²) in [5, 5.41) is 3.06. The smallest absolute Gasteiger partial charge is 0.261 e. The van der Waals surface area contributed by atoms with Crippen LogP contribution in [0.1, 0.15) is 23.6 Å². The monoisotopic (exact) mass is 549 g/mol. The van der Waals surface area contributed by atoms with Crippen LogP contribution < -0.4 is 14.3 Å². The largest absolute Gasteiger partial charge is 0.324 e. The number of amides is 1. The van der Waals surface area contributed by atoms with E-state index in [1.54, 1.807) is 31.2 Å². The number of hydrogen-bond acceptors (Lipinski definition) is 5. The van der Waals surface area contributed by atoms with E-state index >= 15 is 0 Å². The van der Waals surface area contributed by atoms with Crippen LogP contribution >= 0.6 is 11.6 Å². The highest BCUT2D eigenvalue weighted by Crippen LogP contribution is 2.26. The van der Waals surface area contributed by atoms with Crippen LogP contribution in [0.3, 0.4) is 0 Å². The van der Waals surface area contributed by atoms with Crippen LogP contribution in [0.25, 0.3) is 0 Å². The lowest BCUT2D eigenvalue weighted by molar-refractivity contribution is -0.116. The molecule has 0 spiro atoms. The van der Waals surface area contributed by atoms with Gasteiger partial charge in [-0.3, -0.25) is 13.8 Å². The van der Waals surface area contributed by atoms with E-state index in [1.807, 2.05) is 19.9 Å². The van der Waals surface area contributed by atoms with E-state index in [0.717, 1.165) is 21.7 Å². The average molecular weight is 550 g/mol. The molecule has 3 aromatic rings. The Morgan fingerprint density at radius 3 is 2.03 bits per heavy atom. The highest BCUT2D eigenvalue weighted by atomic mass is 35.5. The third-order valence-electron chi connectivity index (χ3n) is 5.43. The molecular weight excluding hydrogens is 522 g/mol. The molecule has 0 bridgehead atoms. The first kappa shape index (κ1) is 27.5. The number of hydrogen-bond donors (Lipinski definition) is 2. The second-order valence-electron chi connectivity index (χ2n) is 8.66. The first-order valence-corrected chi connectivity index (χ1v) is 14.7. The summed E-state index contributed by atoms with van der Waals surface area (Å²) < 4.78 is 54.3. The third-order valence-corrected chi connectivity index (χ3v) is 8.28. The Hall–Kier alpha value is -3.08. The van der Waals surface area contributed by atoms with Crippen molar-refractivity contribution in [3.05, 3.63) is 82.4 Å². The molecule has 0 aliphatic carbocycles. The fourth-order valence-electron chi connectivity index (χ4n) is 3.76. The van der Waals surface area contributed by atoms with Crippen LogP contribution in [-0.2, 0) is 24.8 Å². The maximum absolute atomic E-state index is 13.0. The molecular formula is C25H28ClN3O5S2. The van der Waals surface area contributed by atoms with Crippen molar-refractivity contribution in [2.24, 2.45) is 0 Å². The zero-order valence-corrected chi connectivity index (χ0v) is 22.9. The molecule has 11 heteroatoms. The number of halogens is 1. The van der Waals surface area contributed by atoms with Gasteiger partial charge < -0.3 is 5.32 Å². The quantitative estimate of drug-likeness (QED) is 0.416. The summed E-state index contributed by atoms with van der Waals surface area (Å²) in [5.41, 5.74) is 3.51. The number of aryl methyl sites for hydroxylation is 3. The lowest BCUT2D eigenvalue weighted by Crippen LogP contribution is -2.45. The molecule has 0 radical (unpaired) electrons. The molecule has 1 atom stereocenters. The van der Waals surface area contributed by atoms with Gasteiger partial charge >= 0.3 is 0 Å². The molecule has 1 amide bonds. The second-order valence-corrected chi connectivity index (χ2v) is 12.6. The average Bonchev–Trinajstić information content (AvgIpc) is 2.75. The van der Waals surface area contributed by atoms with Crippen molar-refractivity contribution in [3.8, 4) is 0 Å². The van der Waals surface area contributed by atoms with E-state index in [1.165, 1.54) is 37.3 Å². The van der Waals surface area contributed by atoms with Crippen LogP contribution in [0.4, 0.5) is 17.1 Å². The lowest BCUT2D eigenvalue weighted by Gasteiger charge is -2.28. The van der Waals surface area contributed by atoms with E-state index in [0.29, 0.717) is 27.6 Å². The fraction of sp³-hybridized carbons (Fsp3) is 0.240. The summed E-state index contributed by atoms with van der Waals surface area (Å²) >= 11 is 5.98. The van der Waals surface area contributed by atoms with Crippen LogP contribution in [0.5, 0.6) is 0 Å². The molecule has 3 rings (SSSR count). The van der Waals surface area contributed by atoms with Gasteiger partial charge in [-0.25, -0.2) is 16.8 Å². The number of nitrogens with zero attached hydrogens (tertiary/aromatic N) is 1. The predicted molar refractivity (Wildman–Crippen MR) is 145 cm³/mol. The minimum atomic E-state index is -3.90. The summed E-state index contributed by atoms with van der Waals surface area (Å²) in [6.07, 6.45) is 1.04. The highest BCUT2D eigenvalue weighted by Gasteiger charge is 2.29. The Labute approximate surface area is 217 Å². The van der Waals surface area contributed by atoms with Gasteiger partial charge in [0.15, 0.2) is 0 Å². The van der Waals surface area contributed by atoms with Crippen LogP contribution in [0, 0.1) is 20.8 Å². The number of nitrogens with one attached hydrogen (secondary N) is 2. The minimum Gasteiger partial charge on any atom is -0.324 e. The summed E-state index contributed by atoms with van der Waals surface area (Å²) in [6, 6.07) is 14.7. The maximum Gasteiger partial charge on any atom is 0.261 e. The van der Waals surface area contributed by atoms with Gasteiger partial charge in [-0.05, 0) is 92.9 Å². The van der Waals surface area contributed by atoms with Gasteiger partial charge in [0, 0.05) is 10.7 Å². The van der Waals surface area contributed by atoms with Crippen molar-refractivity contribution >= 4 is 54.6 Å². The van der Waals surface area contributed by atoms with Crippen molar-refractivity contribution in [1.29, 1.82) is 0 Å². The van der Waals surface area contributed by atoms with Gasteiger partial charge in [0.2, 0.25) is 15.9 Å². The van der Waals surface area contributed by atoms with Crippen molar-refractivity contribution in [2.45, 2.75) is 38.6 Å². The first-order chi connectivity index (χ1) is 16.7. The third kappa shape index (κ3) is 6.57. The van der Waals surface area contributed by atoms with E-state index in [9.17, 15) is 21.6 Å². The van der Waals surface area contributed by atoms with E-state index in [-0.39, 0.29) is 4.90 Å². The van der Waals surface area contributed by atoms with Gasteiger partial charge in [0.05, 0.1) is 22.5 Å². The van der Waals surface area contributed by atoms with Crippen LogP contribution in [0.15, 0.2) is 65.6 Å². The maximum atomic E-state index is 13.0. The molecule has 36 heavy (non-hydrogen) atoms. The van der Waals surface area contributed by atoms with Gasteiger partial charge in [-0.15, -0.1) is 0 Å². The molecule has 0 saturated carbocycles. The second kappa shape index (κ2) is 10.5. The zero-order chi connectivity index (χ0) is 26.8. The van der Waals surface area contributed by atoms with Gasteiger partial charge in [0.1, 0.15) is 6.04 Å². The Bertz CT molecular complexity index is 1480. The number of carbonyl (C=O) groups excluding carboxylic acids is 1. The van der Waals surface area contributed by atoms with Crippen molar-refractivity contribution in [1.82, 2.24) is 0 Å². The summed E-state index contributed by atoms with van der Waals surface area (Å²) in [7, 11) is -7.68. The van der Waals surface area contributed by atoms with Crippen LogP contribution in [-0.4, -0.2) is 35.0 Å². The van der Waals surface area contributed by atoms with E-state index < -0.39 is 32.0 Å². The fourth-order valence-corrected chi connectivity index (χ4v) is 6.21. The summed E-state index contributed by atoms with van der Waals surface area (Å²) in [6.45, 7) is 6.94. The summed E-state index contributed by atoms with van der Waals surface area (Å²) in [4.78, 5) is 13.0. The van der Waals surface area contributed by atoms with Crippen molar-refractivity contribution < 1.29 is 21.6 Å². The molecule has 8 nitrogen and oxygen atoms in total. The Morgan fingerprint density at radius 1 is 0.889 bits per heavy atom. The van der Waals surface area contributed by atoms with E-state index in [4.69, 9.17) is 11.6 Å². The molecule has 3 aromatic carbocycles. The molecule has 0 fully saturated rings. The van der Waals surface area contributed by atoms with Gasteiger partial charge in [-0.1, -0.05) is 23.7 Å². The molecule has 192 valence electrons. The molecule has 0 heterocycles. The molecule has 0 aromatic heterocycles. The number of benzene rings is 3. The Kier molecular flexibility index (Phi) is 8.02. The Morgan fingerprint density at radius 2 is 1.47 bits per heavy atom. The normalized spacial score (nSPS) is 12.6. The van der Waals surface area contributed by atoms with Crippen LogP contribution in [0.2, 0.25) is 5.02 Å². The Balaban J connectivity index is 1.80. The topological polar surface area (TPSA) is 113 Å². The van der Waals surface area contributed by atoms with Gasteiger partial charge in [-0.2, -0.15) is 0 Å². The van der Waals surface area contributed by atoms with Gasteiger partial charge in [0.25, 0.3) is 10.0 Å². The van der Waals surface area contributed by atoms with Crippen molar-refractivity contribution in [3.63, 3.8) is 0 Å². The summed E-state index contributed by atoms with van der Waals surface area (Å²) in [5.74, 6) is -0.567. The van der Waals surface area contributed by atoms with Crippen molar-refractivity contribution in [2.75, 3.05) is 20.6 Å². The SMILES string of the molecule is Cc1cc(C)cc(N([C@H](C)C(=O)Nc2ccc(S(=O)(=O)Nc3cc(Cl)ccc3C)cc2)S(C)(=O)=O)c1. The highest BCUT2D eigenvalue weighted by molar-refractivity contribution is 7.92. The molecule has 0 unspecified atom stereocenters. The number of rotatable bonds is 8. The number of anilines is 3. The van der Waals surface area contributed by atoms with E-state index in [2.05, 4.69) is 10.0 Å². The number of carbonyl (C=O) groups is 1. The molecule has 0 aliphatic heterocycles. The minimum absolute atomic E-state index is 0.0130. The predicted octanol–water partition coefficient (Wildman–Crippen LogP) is 4.86. The molecule has 2 N–H and O–H groups in total.